The van der Waals surface area contributed by atoms with Gasteiger partial charge in [0.05, 0.1) is 6.54 Å². The maximum absolute atomic E-state index is 13.7. The van der Waals surface area contributed by atoms with Gasteiger partial charge in [0.1, 0.15) is 11.6 Å². The van der Waals surface area contributed by atoms with Crippen molar-refractivity contribution in [1.82, 2.24) is 34.9 Å². The lowest BCUT2D eigenvalue weighted by Crippen LogP contribution is -2.48. The Morgan fingerprint density at radius 2 is 2.09 bits per heavy atom. The highest BCUT2D eigenvalue weighted by Crippen LogP contribution is 2.40. The molecule has 32 heavy (non-hydrogen) atoms. The van der Waals surface area contributed by atoms with E-state index in [-0.39, 0.29) is 36.6 Å². The molecule has 0 spiro atoms. The zero-order valence-electron chi connectivity index (χ0n) is 18.4. The number of rotatable bonds is 7. The molecule has 3 N–H and O–H groups in total. The summed E-state index contributed by atoms with van der Waals surface area (Å²) >= 11 is 0. The lowest BCUT2D eigenvalue weighted by atomic mass is 9.98. The maximum atomic E-state index is 13.7. The normalized spacial score (nSPS) is 18.5. The largest absolute Gasteiger partial charge is 0.424 e. The van der Waals surface area contributed by atoms with E-state index in [1.807, 2.05) is 18.5 Å². The van der Waals surface area contributed by atoms with Gasteiger partial charge in [0.25, 0.3) is 0 Å². The number of halogens is 4. The second kappa shape index (κ2) is 10.8. The van der Waals surface area contributed by atoms with Crippen LogP contribution in [0.1, 0.15) is 44.2 Å². The van der Waals surface area contributed by atoms with E-state index in [0.717, 1.165) is 30.9 Å². The van der Waals surface area contributed by atoms with Gasteiger partial charge in [-0.05, 0) is 13.3 Å². The number of nitrogens with zero attached hydrogens (tertiary/aromatic N) is 6. The van der Waals surface area contributed by atoms with E-state index in [2.05, 4.69) is 30.7 Å². The number of hydrogen-bond acceptors (Lipinski definition) is 5. The molecule has 2 atom stereocenters. The average Bonchev–Trinajstić information content (AvgIpc) is 3.32. The predicted octanol–water partition coefficient (Wildman–Crippen LogP) is 1.90. The highest BCUT2D eigenvalue weighted by Gasteiger charge is 2.57. The van der Waals surface area contributed by atoms with Crippen LogP contribution in [0.2, 0.25) is 0 Å². The molecule has 0 aliphatic carbocycles. The molecule has 0 fully saturated rings. The molecule has 13 heteroatoms. The highest BCUT2D eigenvalue weighted by atomic mass is 127. The summed E-state index contributed by atoms with van der Waals surface area (Å²) in [5, 5.41) is 21.2. The van der Waals surface area contributed by atoms with Gasteiger partial charge < -0.3 is 20.3 Å². The third-order valence-corrected chi connectivity index (χ3v) is 5.31. The molecule has 3 rings (SSSR count). The Bertz CT molecular complexity index is 913. The highest BCUT2D eigenvalue weighted by molar-refractivity contribution is 14.0. The number of aliphatic imine (C=N–C) groups is 1. The van der Waals surface area contributed by atoms with Gasteiger partial charge in [0, 0.05) is 57.8 Å². The summed E-state index contributed by atoms with van der Waals surface area (Å²) in [6.45, 7) is 4.79. The first-order valence-electron chi connectivity index (χ1n) is 10.4. The van der Waals surface area contributed by atoms with Crippen LogP contribution in [0.25, 0.3) is 0 Å². The molecule has 2 unspecified atom stereocenters. The summed E-state index contributed by atoms with van der Waals surface area (Å²) in [7, 11) is 1.42. The van der Waals surface area contributed by atoms with Crippen LogP contribution < -0.4 is 10.6 Å². The number of aryl methyl sites for hydroxylation is 3. The first-order chi connectivity index (χ1) is 14.7. The fourth-order valence-corrected chi connectivity index (χ4v) is 3.62. The van der Waals surface area contributed by atoms with Crippen molar-refractivity contribution in [3.63, 3.8) is 0 Å². The van der Waals surface area contributed by atoms with Crippen molar-refractivity contribution in [3.05, 3.63) is 29.9 Å². The van der Waals surface area contributed by atoms with Crippen molar-refractivity contribution in [2.24, 2.45) is 12.0 Å². The van der Waals surface area contributed by atoms with Crippen LogP contribution in [0.4, 0.5) is 13.2 Å². The quantitative estimate of drug-likeness (QED) is 0.267. The summed E-state index contributed by atoms with van der Waals surface area (Å²) < 4.78 is 44.0. The molecule has 180 valence electrons. The minimum Gasteiger partial charge on any atom is -0.374 e. The lowest BCUT2D eigenvalue weighted by Gasteiger charge is -2.29. The van der Waals surface area contributed by atoms with Crippen molar-refractivity contribution < 1.29 is 18.3 Å². The molecular weight excluding hydrogens is 540 g/mol. The lowest BCUT2D eigenvalue weighted by molar-refractivity contribution is -0.272. The van der Waals surface area contributed by atoms with Crippen molar-refractivity contribution in [2.45, 2.75) is 63.9 Å². The van der Waals surface area contributed by atoms with E-state index < -0.39 is 24.0 Å². The van der Waals surface area contributed by atoms with Gasteiger partial charge in [-0.2, -0.15) is 18.3 Å². The molecular formula is C19H30F3IN8O. The number of aromatic nitrogens is 5. The second-order valence-corrected chi connectivity index (χ2v) is 7.59. The predicted molar refractivity (Wildman–Crippen MR) is 124 cm³/mol. The van der Waals surface area contributed by atoms with Gasteiger partial charge in [-0.3, -0.25) is 4.99 Å². The van der Waals surface area contributed by atoms with Gasteiger partial charge in [-0.1, -0.05) is 6.92 Å². The van der Waals surface area contributed by atoms with Gasteiger partial charge >= 0.3 is 6.18 Å². The fraction of sp³-hybridized carbons (Fsp3) is 0.684. The first kappa shape index (κ1) is 26.4. The number of aliphatic hydroxyl groups is 1. The molecule has 0 saturated carbocycles. The Hall–Kier alpha value is -1.90. The van der Waals surface area contributed by atoms with Crippen LogP contribution in [0.3, 0.4) is 0 Å². The molecule has 1 aliphatic rings. The van der Waals surface area contributed by atoms with E-state index >= 15 is 0 Å². The van der Waals surface area contributed by atoms with Crippen LogP contribution in [-0.4, -0.2) is 60.7 Å². The molecule has 0 saturated heterocycles. The van der Waals surface area contributed by atoms with E-state index in [9.17, 15) is 18.3 Å². The Labute approximate surface area is 201 Å². The van der Waals surface area contributed by atoms with Gasteiger partial charge in [-0.25, -0.2) is 14.6 Å². The zero-order chi connectivity index (χ0) is 22.6. The molecule has 2 aromatic rings. The fourth-order valence-electron chi connectivity index (χ4n) is 3.62. The number of hydrogen-bond donors (Lipinski definition) is 3. The summed E-state index contributed by atoms with van der Waals surface area (Å²) in [5.41, 5.74) is -3.08. The molecule has 2 aromatic heterocycles. The number of alkyl halides is 3. The van der Waals surface area contributed by atoms with E-state index in [1.54, 1.807) is 0 Å². The van der Waals surface area contributed by atoms with Gasteiger partial charge in [0.15, 0.2) is 11.8 Å². The van der Waals surface area contributed by atoms with Gasteiger partial charge in [0.2, 0.25) is 5.60 Å². The van der Waals surface area contributed by atoms with Crippen molar-refractivity contribution in [1.29, 1.82) is 0 Å². The van der Waals surface area contributed by atoms with Crippen LogP contribution in [0, 0.1) is 0 Å². The van der Waals surface area contributed by atoms with Crippen LogP contribution in [-0.2, 0) is 32.0 Å². The Balaban J connectivity index is 0.00000363. The summed E-state index contributed by atoms with van der Waals surface area (Å²) in [4.78, 5) is 12.5. The SMILES string of the molecule is CCNC(=NCCC(O)(c1nccn1C)C(F)(F)F)NC1CCc2nc(CC)nn2C1.I. The minimum atomic E-state index is -4.88. The number of guanidine groups is 1. The zero-order valence-corrected chi connectivity index (χ0v) is 20.7. The first-order valence-corrected chi connectivity index (χ1v) is 10.4. The van der Waals surface area contributed by atoms with Crippen molar-refractivity contribution in [2.75, 3.05) is 13.1 Å². The summed E-state index contributed by atoms with van der Waals surface area (Å²) in [6.07, 6.45) is -0.588. The Kier molecular flexibility index (Phi) is 8.90. The Morgan fingerprint density at radius 1 is 1.34 bits per heavy atom. The van der Waals surface area contributed by atoms with Crippen LogP contribution >= 0.6 is 24.0 Å². The summed E-state index contributed by atoms with van der Waals surface area (Å²) in [6, 6.07) is 0.0211. The maximum Gasteiger partial charge on any atom is 0.424 e. The molecule has 1 aliphatic heterocycles. The van der Waals surface area contributed by atoms with Crippen LogP contribution in [0.15, 0.2) is 17.4 Å². The van der Waals surface area contributed by atoms with E-state index in [0.29, 0.717) is 19.0 Å². The number of imidazole rings is 1. The third-order valence-electron chi connectivity index (χ3n) is 5.31. The molecule has 0 aromatic carbocycles. The summed E-state index contributed by atoms with van der Waals surface area (Å²) in [5.74, 6) is 1.70. The second-order valence-electron chi connectivity index (χ2n) is 7.59. The molecule has 0 amide bonds. The third kappa shape index (κ3) is 5.71. The molecule has 3 heterocycles. The number of nitrogens with one attached hydrogen (secondary N) is 2. The smallest absolute Gasteiger partial charge is 0.374 e. The number of fused-ring (bicyclic) bond motifs is 1. The van der Waals surface area contributed by atoms with Gasteiger partial charge in [-0.15, -0.1) is 24.0 Å². The molecule has 0 bridgehead atoms. The van der Waals surface area contributed by atoms with Crippen LogP contribution in [0.5, 0.6) is 0 Å². The van der Waals surface area contributed by atoms with Crippen molar-refractivity contribution >= 4 is 29.9 Å². The molecule has 9 nitrogen and oxygen atoms in total. The monoisotopic (exact) mass is 570 g/mol. The Morgan fingerprint density at radius 3 is 2.69 bits per heavy atom. The van der Waals surface area contributed by atoms with E-state index in [4.69, 9.17) is 0 Å². The van der Waals surface area contributed by atoms with E-state index in [1.165, 1.54) is 24.0 Å². The topological polar surface area (TPSA) is 105 Å². The standard InChI is InChI=1S/C19H29F3N8O.HI/c1-4-14-27-15-7-6-13(12-30(15)28-14)26-17(23-5-2)25-9-8-18(31,19(20,21)22)16-24-10-11-29(16)3;/h10-11,13,31H,4-9,12H2,1-3H3,(H2,23,25,26);1H. The minimum absolute atomic E-state index is 0. The average molecular weight is 570 g/mol. The molecule has 0 radical (unpaired) electrons. The van der Waals surface area contributed by atoms with Crippen molar-refractivity contribution in [3.8, 4) is 0 Å².